The second-order valence-corrected chi connectivity index (χ2v) is 6.26. The molecule has 3 rings (SSSR count). The van der Waals surface area contributed by atoms with Crippen LogP contribution in [0.4, 0.5) is 5.82 Å². The number of thiophene rings is 1. The van der Waals surface area contributed by atoms with Crippen LogP contribution >= 0.6 is 11.3 Å². The Hall–Kier alpha value is -2.58. The highest BCUT2D eigenvalue weighted by Gasteiger charge is 2.23. The van der Waals surface area contributed by atoms with Gasteiger partial charge in [0.25, 0.3) is 0 Å². The number of rotatable bonds is 5. The van der Waals surface area contributed by atoms with E-state index in [1.54, 1.807) is 11.5 Å². The molecule has 1 amide bonds. The molecule has 130 valence electrons. The van der Waals surface area contributed by atoms with Crippen LogP contribution in [-0.4, -0.2) is 48.9 Å². The normalized spacial score (nSPS) is 15.9. The topological polar surface area (TPSA) is 93.7 Å². The van der Waals surface area contributed by atoms with Crippen molar-refractivity contribution in [3.05, 3.63) is 35.0 Å². The number of nitrogens with zero attached hydrogens (tertiary/aromatic N) is 4. The van der Waals surface area contributed by atoms with E-state index in [2.05, 4.69) is 26.6 Å². The SMILES string of the molecule is C=N/C(=C\C=C/C)c1nc(N2CCOCC2)c2c(C(N)=O)csc2n1. The standard InChI is InChI=1S/C17H19N5O2S/c1-3-4-5-12(19-2)15-20-16(22-6-8-24-9-7-22)13-11(14(18)23)10-25-17(13)21-15/h3-5,10H,2,6-9H2,1H3,(H2,18,23)/b4-3-,12-5-. The lowest BCUT2D eigenvalue weighted by Gasteiger charge is -2.28. The predicted octanol–water partition coefficient (Wildman–Crippen LogP) is 2.24. The van der Waals surface area contributed by atoms with Gasteiger partial charge in [-0.1, -0.05) is 12.2 Å². The lowest BCUT2D eigenvalue weighted by Crippen LogP contribution is -2.37. The molecule has 0 saturated carbocycles. The summed E-state index contributed by atoms with van der Waals surface area (Å²) in [6, 6.07) is 0. The van der Waals surface area contributed by atoms with Gasteiger partial charge in [-0.15, -0.1) is 11.3 Å². The summed E-state index contributed by atoms with van der Waals surface area (Å²) >= 11 is 1.37. The second-order valence-electron chi connectivity index (χ2n) is 5.40. The van der Waals surface area contributed by atoms with Crippen molar-refractivity contribution in [2.24, 2.45) is 10.7 Å². The molecular formula is C17H19N5O2S. The fraction of sp³-hybridized carbons (Fsp3) is 0.294. The summed E-state index contributed by atoms with van der Waals surface area (Å²) in [6.45, 7) is 8.12. The molecule has 0 spiro atoms. The molecule has 0 atom stereocenters. The van der Waals surface area contributed by atoms with Crippen LogP contribution in [0, 0.1) is 0 Å². The zero-order valence-corrected chi connectivity index (χ0v) is 14.8. The number of carbonyl (C=O) groups is 1. The number of morpholine rings is 1. The highest BCUT2D eigenvalue weighted by atomic mass is 32.1. The average molecular weight is 357 g/mol. The van der Waals surface area contributed by atoms with Crippen LogP contribution in [0.15, 0.2) is 28.6 Å². The Balaban J connectivity index is 2.21. The first-order valence-electron chi connectivity index (χ1n) is 7.87. The monoisotopic (exact) mass is 357 g/mol. The molecule has 1 fully saturated rings. The summed E-state index contributed by atoms with van der Waals surface area (Å²) < 4.78 is 5.42. The maximum atomic E-state index is 11.8. The van der Waals surface area contributed by atoms with Gasteiger partial charge in [0.15, 0.2) is 5.82 Å². The van der Waals surface area contributed by atoms with Gasteiger partial charge in [0.1, 0.15) is 16.3 Å². The van der Waals surface area contributed by atoms with Gasteiger partial charge in [0.2, 0.25) is 5.91 Å². The highest BCUT2D eigenvalue weighted by Crippen LogP contribution is 2.33. The maximum absolute atomic E-state index is 11.8. The molecule has 0 bridgehead atoms. The molecule has 2 aromatic heterocycles. The lowest BCUT2D eigenvalue weighted by molar-refractivity contribution is 0.100. The van der Waals surface area contributed by atoms with Crippen molar-refractivity contribution >= 4 is 45.7 Å². The number of primary amides is 1. The first kappa shape index (κ1) is 17.2. The van der Waals surface area contributed by atoms with E-state index >= 15 is 0 Å². The van der Waals surface area contributed by atoms with E-state index in [0.717, 1.165) is 0 Å². The molecule has 1 aliphatic heterocycles. The van der Waals surface area contributed by atoms with E-state index in [1.807, 2.05) is 19.1 Å². The molecule has 7 nitrogen and oxygen atoms in total. The molecule has 2 aromatic rings. The molecule has 0 radical (unpaired) electrons. The van der Waals surface area contributed by atoms with Crippen molar-refractivity contribution in [2.75, 3.05) is 31.2 Å². The summed E-state index contributed by atoms with van der Waals surface area (Å²) in [7, 11) is 0. The minimum absolute atomic E-state index is 0.443. The Bertz CT molecular complexity index is 865. The molecule has 2 N–H and O–H groups in total. The molecule has 8 heteroatoms. The zero-order chi connectivity index (χ0) is 17.8. The van der Waals surface area contributed by atoms with E-state index in [-0.39, 0.29) is 0 Å². The van der Waals surface area contributed by atoms with Gasteiger partial charge in [-0.2, -0.15) is 0 Å². The van der Waals surface area contributed by atoms with Crippen LogP contribution < -0.4 is 10.6 Å². The van der Waals surface area contributed by atoms with Crippen molar-refractivity contribution in [1.29, 1.82) is 0 Å². The molecule has 1 aliphatic rings. The van der Waals surface area contributed by atoms with Crippen LogP contribution in [0.2, 0.25) is 0 Å². The van der Waals surface area contributed by atoms with Crippen LogP contribution in [-0.2, 0) is 4.74 Å². The fourth-order valence-corrected chi connectivity index (χ4v) is 3.53. The van der Waals surface area contributed by atoms with Crippen LogP contribution in [0.25, 0.3) is 15.9 Å². The van der Waals surface area contributed by atoms with Crippen molar-refractivity contribution in [3.8, 4) is 0 Å². The van der Waals surface area contributed by atoms with Gasteiger partial charge in [0.05, 0.1) is 24.2 Å². The number of aliphatic imine (C=N–C) groups is 1. The average Bonchev–Trinajstić information content (AvgIpc) is 3.07. The lowest BCUT2D eigenvalue weighted by atomic mass is 10.2. The van der Waals surface area contributed by atoms with Gasteiger partial charge >= 0.3 is 0 Å². The summed E-state index contributed by atoms with van der Waals surface area (Å²) in [5.74, 6) is 0.678. The van der Waals surface area contributed by atoms with E-state index in [1.165, 1.54) is 11.3 Å². The van der Waals surface area contributed by atoms with Gasteiger partial charge in [-0.3, -0.25) is 9.79 Å². The van der Waals surface area contributed by atoms with E-state index in [9.17, 15) is 4.79 Å². The van der Waals surface area contributed by atoms with Crippen molar-refractivity contribution in [2.45, 2.75) is 6.92 Å². The first-order valence-corrected chi connectivity index (χ1v) is 8.75. The highest BCUT2D eigenvalue weighted by molar-refractivity contribution is 7.17. The van der Waals surface area contributed by atoms with Crippen molar-refractivity contribution in [1.82, 2.24) is 9.97 Å². The number of hydrogen-bond donors (Lipinski definition) is 1. The number of amides is 1. The molecule has 1 saturated heterocycles. The third-order valence-electron chi connectivity index (χ3n) is 3.84. The second kappa shape index (κ2) is 7.54. The van der Waals surface area contributed by atoms with Gasteiger partial charge in [-0.05, 0) is 19.7 Å². The molecule has 0 aliphatic carbocycles. The number of allylic oxidation sites excluding steroid dienone is 3. The number of hydrogen-bond acceptors (Lipinski definition) is 7. The Morgan fingerprint density at radius 2 is 2.20 bits per heavy atom. The third-order valence-corrected chi connectivity index (χ3v) is 4.71. The molecule has 25 heavy (non-hydrogen) atoms. The van der Waals surface area contributed by atoms with Gasteiger partial charge in [0, 0.05) is 18.5 Å². The van der Waals surface area contributed by atoms with Crippen LogP contribution in [0.1, 0.15) is 23.1 Å². The third kappa shape index (κ3) is 3.45. The Morgan fingerprint density at radius 1 is 1.44 bits per heavy atom. The fourth-order valence-electron chi connectivity index (χ4n) is 2.61. The minimum atomic E-state index is -0.483. The van der Waals surface area contributed by atoms with Gasteiger partial charge in [-0.25, -0.2) is 9.97 Å². The summed E-state index contributed by atoms with van der Waals surface area (Å²) in [5, 5.41) is 2.42. The molecule has 3 heterocycles. The minimum Gasteiger partial charge on any atom is -0.378 e. The summed E-state index contributed by atoms with van der Waals surface area (Å²) in [6.07, 6.45) is 5.55. The van der Waals surface area contributed by atoms with E-state index in [0.29, 0.717) is 59.4 Å². The van der Waals surface area contributed by atoms with Crippen molar-refractivity contribution < 1.29 is 9.53 Å². The smallest absolute Gasteiger partial charge is 0.250 e. The quantitative estimate of drug-likeness (QED) is 0.654. The van der Waals surface area contributed by atoms with Crippen LogP contribution in [0.5, 0.6) is 0 Å². The number of aromatic nitrogens is 2. The van der Waals surface area contributed by atoms with Crippen molar-refractivity contribution in [3.63, 3.8) is 0 Å². The largest absolute Gasteiger partial charge is 0.378 e. The first-order chi connectivity index (χ1) is 12.2. The number of anilines is 1. The number of ether oxygens (including phenoxy) is 1. The summed E-state index contributed by atoms with van der Waals surface area (Å²) in [4.78, 5) is 27.9. The van der Waals surface area contributed by atoms with E-state index in [4.69, 9.17) is 10.5 Å². The molecule has 0 unspecified atom stereocenters. The maximum Gasteiger partial charge on any atom is 0.250 e. The summed E-state index contributed by atoms with van der Waals surface area (Å²) in [5.41, 5.74) is 6.55. The predicted molar refractivity (Wildman–Crippen MR) is 101 cm³/mol. The van der Waals surface area contributed by atoms with E-state index < -0.39 is 5.91 Å². The Labute approximate surface area is 149 Å². The Kier molecular flexibility index (Phi) is 5.20. The van der Waals surface area contributed by atoms with Gasteiger partial charge < -0.3 is 15.4 Å². The number of nitrogens with two attached hydrogens (primary N) is 1. The van der Waals surface area contributed by atoms with Crippen LogP contribution in [0.3, 0.4) is 0 Å². The Morgan fingerprint density at radius 3 is 2.84 bits per heavy atom. The number of fused-ring (bicyclic) bond motifs is 1. The zero-order valence-electron chi connectivity index (χ0n) is 13.9. The number of carbonyl (C=O) groups excluding carboxylic acids is 1. The molecule has 0 aromatic carbocycles. The molecular weight excluding hydrogens is 338 g/mol.